The lowest BCUT2D eigenvalue weighted by atomic mass is 10.1. The lowest BCUT2D eigenvalue weighted by molar-refractivity contribution is 0.222. The summed E-state index contributed by atoms with van der Waals surface area (Å²) in [4.78, 5) is 7.33. The van der Waals surface area contributed by atoms with Gasteiger partial charge in [0.2, 0.25) is 0 Å². The van der Waals surface area contributed by atoms with Gasteiger partial charge in [-0.25, -0.2) is 0 Å². The zero-order valence-corrected chi connectivity index (χ0v) is 12.5. The second kappa shape index (κ2) is 6.50. The predicted octanol–water partition coefficient (Wildman–Crippen LogP) is 1.86. The number of hydrogen-bond donors (Lipinski definition) is 1. The molecule has 0 spiro atoms. The van der Waals surface area contributed by atoms with Gasteiger partial charge in [0.1, 0.15) is 0 Å². The minimum Gasteiger partial charge on any atom is -0.329 e. The van der Waals surface area contributed by atoms with Crippen LogP contribution in [0.3, 0.4) is 0 Å². The summed E-state index contributed by atoms with van der Waals surface area (Å²) >= 11 is 1.86. The third-order valence-corrected chi connectivity index (χ3v) is 4.08. The number of nitrogens with zero attached hydrogens (tertiary/aromatic N) is 2. The van der Waals surface area contributed by atoms with Gasteiger partial charge < -0.3 is 10.6 Å². The topological polar surface area (TPSA) is 32.5 Å². The molecule has 1 unspecified atom stereocenters. The minimum absolute atomic E-state index is 0.347. The van der Waals surface area contributed by atoms with E-state index in [1.165, 1.54) is 15.3 Å². The molecule has 0 aliphatic heterocycles. The molecule has 1 aromatic rings. The van der Waals surface area contributed by atoms with Crippen molar-refractivity contribution < 1.29 is 0 Å². The van der Waals surface area contributed by atoms with E-state index in [2.05, 4.69) is 50.9 Å². The maximum Gasteiger partial charge on any atom is 0.0478 e. The van der Waals surface area contributed by atoms with Gasteiger partial charge in [0.05, 0.1) is 0 Å². The minimum atomic E-state index is 0.347. The standard InChI is InChI=1S/C13H25N3S/c1-10-8-12(11(2)17-10)13(9-14)16(5)7-6-15(3)4/h8,13H,6-7,9,14H2,1-5H3. The van der Waals surface area contributed by atoms with Crippen LogP contribution < -0.4 is 5.73 Å². The molecule has 4 heteroatoms. The first kappa shape index (κ1) is 14.6. The first-order valence-corrected chi connectivity index (χ1v) is 6.89. The van der Waals surface area contributed by atoms with Crippen LogP contribution in [0.15, 0.2) is 6.07 Å². The Bertz CT molecular complexity index is 346. The zero-order valence-electron chi connectivity index (χ0n) is 11.7. The van der Waals surface area contributed by atoms with E-state index in [0.717, 1.165) is 13.1 Å². The lowest BCUT2D eigenvalue weighted by Crippen LogP contribution is -2.35. The van der Waals surface area contributed by atoms with Gasteiger partial charge >= 0.3 is 0 Å². The van der Waals surface area contributed by atoms with Gasteiger partial charge in [0.15, 0.2) is 0 Å². The van der Waals surface area contributed by atoms with Crippen LogP contribution in [0.25, 0.3) is 0 Å². The van der Waals surface area contributed by atoms with Gasteiger partial charge in [0, 0.05) is 35.4 Å². The SMILES string of the molecule is Cc1cc(C(CN)N(C)CCN(C)C)c(C)s1. The molecule has 2 N–H and O–H groups in total. The molecule has 0 aliphatic carbocycles. The van der Waals surface area contributed by atoms with Crippen molar-refractivity contribution in [3.05, 3.63) is 21.4 Å². The normalized spacial score (nSPS) is 13.6. The molecule has 1 aromatic heterocycles. The smallest absolute Gasteiger partial charge is 0.0478 e. The predicted molar refractivity (Wildman–Crippen MR) is 76.8 cm³/mol. The molecule has 1 heterocycles. The Morgan fingerprint density at radius 1 is 1.24 bits per heavy atom. The van der Waals surface area contributed by atoms with Crippen LogP contribution in [0, 0.1) is 13.8 Å². The first-order valence-electron chi connectivity index (χ1n) is 6.07. The highest BCUT2D eigenvalue weighted by molar-refractivity contribution is 7.12. The number of likely N-dealkylation sites (N-methyl/N-ethyl adjacent to an activating group) is 2. The highest BCUT2D eigenvalue weighted by atomic mass is 32.1. The largest absolute Gasteiger partial charge is 0.329 e. The molecule has 0 saturated heterocycles. The Labute approximate surface area is 109 Å². The van der Waals surface area contributed by atoms with E-state index in [4.69, 9.17) is 5.73 Å². The molecule has 0 saturated carbocycles. The van der Waals surface area contributed by atoms with E-state index in [-0.39, 0.29) is 0 Å². The van der Waals surface area contributed by atoms with E-state index < -0.39 is 0 Å². The van der Waals surface area contributed by atoms with Gasteiger partial charge in [-0.15, -0.1) is 11.3 Å². The molecule has 3 nitrogen and oxygen atoms in total. The van der Waals surface area contributed by atoms with Crippen LogP contribution in [0.4, 0.5) is 0 Å². The summed E-state index contributed by atoms with van der Waals surface area (Å²) < 4.78 is 0. The Morgan fingerprint density at radius 2 is 1.88 bits per heavy atom. The van der Waals surface area contributed by atoms with Crippen molar-refractivity contribution in [1.29, 1.82) is 0 Å². The number of hydrogen-bond acceptors (Lipinski definition) is 4. The average Bonchev–Trinajstić information content (AvgIpc) is 2.56. The monoisotopic (exact) mass is 255 g/mol. The number of thiophene rings is 1. The molecule has 1 rings (SSSR count). The van der Waals surface area contributed by atoms with Crippen LogP contribution in [-0.2, 0) is 0 Å². The Morgan fingerprint density at radius 3 is 2.29 bits per heavy atom. The Balaban J connectivity index is 2.73. The van der Waals surface area contributed by atoms with Gasteiger partial charge in [-0.05, 0) is 46.6 Å². The first-order chi connectivity index (χ1) is 7.95. The summed E-state index contributed by atoms with van der Waals surface area (Å²) in [5, 5.41) is 0. The second-order valence-corrected chi connectivity index (χ2v) is 6.36. The van der Waals surface area contributed by atoms with E-state index in [0.29, 0.717) is 12.6 Å². The third-order valence-electron chi connectivity index (χ3n) is 3.09. The second-order valence-electron chi connectivity index (χ2n) is 4.90. The number of aryl methyl sites for hydroxylation is 2. The fourth-order valence-electron chi connectivity index (χ4n) is 2.04. The quantitative estimate of drug-likeness (QED) is 0.842. The summed E-state index contributed by atoms with van der Waals surface area (Å²) in [5.41, 5.74) is 7.34. The number of rotatable bonds is 6. The van der Waals surface area contributed by atoms with Crippen molar-refractivity contribution in [2.75, 3.05) is 40.8 Å². The van der Waals surface area contributed by atoms with Gasteiger partial charge in [-0.3, -0.25) is 4.90 Å². The average molecular weight is 255 g/mol. The maximum atomic E-state index is 5.94. The third kappa shape index (κ3) is 4.07. The van der Waals surface area contributed by atoms with Crippen molar-refractivity contribution in [2.24, 2.45) is 5.73 Å². The van der Waals surface area contributed by atoms with E-state index in [1.807, 2.05) is 11.3 Å². The van der Waals surface area contributed by atoms with Gasteiger partial charge in [-0.1, -0.05) is 0 Å². The highest BCUT2D eigenvalue weighted by Gasteiger charge is 2.18. The number of nitrogens with two attached hydrogens (primary N) is 1. The summed E-state index contributed by atoms with van der Waals surface area (Å²) in [6, 6.07) is 2.63. The van der Waals surface area contributed by atoms with E-state index >= 15 is 0 Å². The molecule has 0 radical (unpaired) electrons. The van der Waals surface area contributed by atoms with Gasteiger partial charge in [0.25, 0.3) is 0 Å². The fourth-order valence-corrected chi connectivity index (χ4v) is 3.02. The van der Waals surface area contributed by atoms with Gasteiger partial charge in [-0.2, -0.15) is 0 Å². The van der Waals surface area contributed by atoms with Crippen molar-refractivity contribution in [1.82, 2.24) is 9.80 Å². The van der Waals surface area contributed by atoms with E-state index in [9.17, 15) is 0 Å². The summed E-state index contributed by atoms with van der Waals surface area (Å²) in [5.74, 6) is 0. The molecule has 0 aromatic carbocycles. The van der Waals surface area contributed by atoms with Crippen molar-refractivity contribution >= 4 is 11.3 Å². The van der Waals surface area contributed by atoms with Crippen LogP contribution in [-0.4, -0.2) is 50.6 Å². The van der Waals surface area contributed by atoms with Crippen LogP contribution in [0.5, 0.6) is 0 Å². The van der Waals surface area contributed by atoms with Crippen LogP contribution in [0.1, 0.15) is 21.4 Å². The molecule has 0 aliphatic rings. The molecule has 0 amide bonds. The van der Waals surface area contributed by atoms with Crippen molar-refractivity contribution in [3.63, 3.8) is 0 Å². The maximum absolute atomic E-state index is 5.94. The lowest BCUT2D eigenvalue weighted by Gasteiger charge is -2.28. The molecule has 1 atom stereocenters. The van der Waals surface area contributed by atoms with Crippen molar-refractivity contribution in [2.45, 2.75) is 19.9 Å². The summed E-state index contributed by atoms with van der Waals surface area (Å²) in [7, 11) is 6.37. The zero-order chi connectivity index (χ0) is 13.0. The molecule has 17 heavy (non-hydrogen) atoms. The molecule has 98 valence electrons. The Hall–Kier alpha value is -0.420. The van der Waals surface area contributed by atoms with Crippen LogP contribution >= 0.6 is 11.3 Å². The Kier molecular flexibility index (Phi) is 5.59. The molecule has 0 bridgehead atoms. The molecular formula is C13H25N3S. The highest BCUT2D eigenvalue weighted by Crippen LogP contribution is 2.28. The van der Waals surface area contributed by atoms with Crippen molar-refractivity contribution in [3.8, 4) is 0 Å². The molecular weight excluding hydrogens is 230 g/mol. The summed E-state index contributed by atoms with van der Waals surface area (Å²) in [6.07, 6.45) is 0. The van der Waals surface area contributed by atoms with Crippen LogP contribution in [0.2, 0.25) is 0 Å². The molecule has 0 fully saturated rings. The summed E-state index contributed by atoms with van der Waals surface area (Å²) in [6.45, 7) is 7.14. The fraction of sp³-hybridized carbons (Fsp3) is 0.692. The van der Waals surface area contributed by atoms with E-state index in [1.54, 1.807) is 0 Å².